The van der Waals surface area contributed by atoms with E-state index in [0.717, 1.165) is 12.8 Å². The molecule has 0 heterocycles. The molecule has 0 aliphatic rings. The molecule has 0 saturated carbocycles. The van der Waals surface area contributed by atoms with E-state index in [1.54, 1.807) is 0 Å². The van der Waals surface area contributed by atoms with Crippen molar-refractivity contribution in [3.63, 3.8) is 0 Å². The van der Waals surface area contributed by atoms with Gasteiger partial charge in [0.15, 0.2) is 17.5 Å². The topological polar surface area (TPSA) is 55.1 Å². The highest BCUT2D eigenvalue weighted by atomic mass is 19.2. The van der Waals surface area contributed by atoms with Gasteiger partial charge in [-0.3, -0.25) is 4.79 Å². The summed E-state index contributed by atoms with van der Waals surface area (Å²) in [5, 5.41) is 2.50. The smallest absolute Gasteiger partial charge is 0.251 e. The van der Waals surface area contributed by atoms with E-state index in [1.165, 1.54) is 0 Å². The Morgan fingerprint density at radius 1 is 1.20 bits per heavy atom. The Morgan fingerprint density at radius 2 is 1.70 bits per heavy atom. The molecule has 0 fully saturated rings. The molecule has 112 valence electrons. The Morgan fingerprint density at radius 3 is 2.15 bits per heavy atom. The summed E-state index contributed by atoms with van der Waals surface area (Å²) in [7, 11) is 0. The molecule has 0 spiro atoms. The predicted octanol–water partition coefficient (Wildman–Crippen LogP) is 2.60. The number of carbonyl (C=O) groups excluding carboxylic acids is 1. The summed E-state index contributed by atoms with van der Waals surface area (Å²) in [6.45, 7) is 4.20. The maximum atomic E-state index is 13.0. The molecule has 0 aliphatic carbocycles. The Bertz CT molecular complexity index is 452. The SMILES string of the molecule is CCC(CC)C(N)CNC(=O)c1cc(F)c(F)c(F)c1. The van der Waals surface area contributed by atoms with E-state index in [1.807, 2.05) is 13.8 Å². The quantitative estimate of drug-likeness (QED) is 0.791. The van der Waals surface area contributed by atoms with Crippen LogP contribution in [0, 0.1) is 23.4 Å². The van der Waals surface area contributed by atoms with Crippen molar-refractivity contribution in [1.82, 2.24) is 5.32 Å². The highest BCUT2D eigenvalue weighted by molar-refractivity contribution is 5.94. The Kier molecular flexibility index (Phi) is 6.01. The van der Waals surface area contributed by atoms with Gasteiger partial charge in [-0.05, 0) is 18.1 Å². The first kappa shape index (κ1) is 16.5. The molecule has 20 heavy (non-hydrogen) atoms. The average molecular weight is 288 g/mol. The normalized spacial score (nSPS) is 12.6. The lowest BCUT2D eigenvalue weighted by atomic mass is 9.95. The maximum absolute atomic E-state index is 13.0. The summed E-state index contributed by atoms with van der Waals surface area (Å²) < 4.78 is 38.8. The fraction of sp³-hybridized carbons (Fsp3) is 0.500. The van der Waals surface area contributed by atoms with Crippen LogP contribution in [-0.4, -0.2) is 18.5 Å². The highest BCUT2D eigenvalue weighted by Gasteiger charge is 2.18. The van der Waals surface area contributed by atoms with Gasteiger partial charge in [-0.2, -0.15) is 0 Å². The van der Waals surface area contributed by atoms with Crippen molar-refractivity contribution in [3.05, 3.63) is 35.1 Å². The third-order valence-electron chi connectivity index (χ3n) is 3.40. The largest absolute Gasteiger partial charge is 0.350 e. The maximum Gasteiger partial charge on any atom is 0.251 e. The zero-order chi connectivity index (χ0) is 15.3. The zero-order valence-electron chi connectivity index (χ0n) is 11.6. The monoisotopic (exact) mass is 288 g/mol. The van der Waals surface area contributed by atoms with Crippen LogP contribution >= 0.6 is 0 Å². The summed E-state index contributed by atoms with van der Waals surface area (Å²) >= 11 is 0. The van der Waals surface area contributed by atoms with Crippen molar-refractivity contribution in [2.75, 3.05) is 6.54 Å². The molecule has 0 aliphatic heterocycles. The summed E-state index contributed by atoms with van der Waals surface area (Å²) in [6.07, 6.45) is 1.76. The van der Waals surface area contributed by atoms with Gasteiger partial charge >= 0.3 is 0 Å². The summed E-state index contributed by atoms with van der Waals surface area (Å²) in [4.78, 5) is 11.7. The van der Waals surface area contributed by atoms with Crippen LogP contribution in [0.3, 0.4) is 0 Å². The van der Waals surface area contributed by atoms with Crippen molar-refractivity contribution in [2.24, 2.45) is 11.7 Å². The Hall–Kier alpha value is -1.56. The lowest BCUT2D eigenvalue weighted by Gasteiger charge is -2.21. The Labute approximate surface area is 116 Å². The van der Waals surface area contributed by atoms with Gasteiger partial charge in [0.05, 0.1) is 0 Å². The van der Waals surface area contributed by atoms with Crippen molar-refractivity contribution in [3.8, 4) is 0 Å². The van der Waals surface area contributed by atoms with Gasteiger partial charge in [-0.1, -0.05) is 26.7 Å². The highest BCUT2D eigenvalue weighted by Crippen LogP contribution is 2.14. The number of carbonyl (C=O) groups is 1. The van der Waals surface area contributed by atoms with Gasteiger partial charge in [-0.15, -0.1) is 0 Å². The molecular weight excluding hydrogens is 269 g/mol. The van der Waals surface area contributed by atoms with Crippen LogP contribution < -0.4 is 11.1 Å². The van der Waals surface area contributed by atoms with Gasteiger partial charge in [0.2, 0.25) is 0 Å². The molecular formula is C14H19F3N2O. The molecule has 3 nitrogen and oxygen atoms in total. The number of nitrogens with one attached hydrogen (secondary N) is 1. The summed E-state index contributed by atoms with van der Waals surface area (Å²) in [5.41, 5.74) is 5.66. The third kappa shape index (κ3) is 3.96. The van der Waals surface area contributed by atoms with Crippen molar-refractivity contribution in [1.29, 1.82) is 0 Å². The number of benzene rings is 1. The standard InChI is InChI=1S/C14H19F3N2O/c1-3-8(4-2)12(18)7-19-14(20)9-5-10(15)13(17)11(16)6-9/h5-6,8,12H,3-4,7,18H2,1-2H3,(H,19,20). The number of halogens is 3. The van der Waals surface area contributed by atoms with E-state index in [-0.39, 0.29) is 24.1 Å². The molecule has 1 atom stereocenters. The molecule has 1 aromatic carbocycles. The van der Waals surface area contributed by atoms with Crippen molar-refractivity contribution < 1.29 is 18.0 Å². The fourth-order valence-corrected chi connectivity index (χ4v) is 2.06. The lowest BCUT2D eigenvalue weighted by molar-refractivity contribution is 0.0946. The predicted molar refractivity (Wildman–Crippen MR) is 70.7 cm³/mol. The molecule has 3 N–H and O–H groups in total. The fourth-order valence-electron chi connectivity index (χ4n) is 2.06. The van der Waals surface area contributed by atoms with Gasteiger partial charge in [0, 0.05) is 18.2 Å². The molecule has 0 saturated heterocycles. The molecule has 1 unspecified atom stereocenters. The van der Waals surface area contributed by atoms with Crippen molar-refractivity contribution >= 4 is 5.91 Å². The summed E-state index contributed by atoms with van der Waals surface area (Å²) in [5.74, 6) is -4.78. The number of nitrogens with two attached hydrogens (primary N) is 1. The number of amides is 1. The minimum Gasteiger partial charge on any atom is -0.350 e. The second-order valence-corrected chi connectivity index (χ2v) is 4.70. The lowest BCUT2D eigenvalue weighted by Crippen LogP contribution is -2.41. The van der Waals surface area contributed by atoms with Gasteiger partial charge < -0.3 is 11.1 Å². The number of hydrogen-bond donors (Lipinski definition) is 2. The van der Waals surface area contributed by atoms with Crippen LogP contribution in [-0.2, 0) is 0 Å². The third-order valence-corrected chi connectivity index (χ3v) is 3.40. The molecule has 1 aromatic rings. The van der Waals surface area contributed by atoms with Crippen LogP contribution in [0.2, 0.25) is 0 Å². The van der Waals surface area contributed by atoms with E-state index in [0.29, 0.717) is 12.1 Å². The second-order valence-electron chi connectivity index (χ2n) is 4.70. The van der Waals surface area contributed by atoms with Gasteiger partial charge in [0.25, 0.3) is 5.91 Å². The zero-order valence-corrected chi connectivity index (χ0v) is 11.6. The van der Waals surface area contributed by atoms with E-state index in [9.17, 15) is 18.0 Å². The first-order valence-electron chi connectivity index (χ1n) is 6.58. The first-order valence-corrected chi connectivity index (χ1v) is 6.58. The van der Waals surface area contributed by atoms with Crippen LogP contribution in [0.5, 0.6) is 0 Å². The Balaban J connectivity index is 2.68. The molecule has 6 heteroatoms. The molecule has 0 aromatic heterocycles. The molecule has 1 amide bonds. The molecule has 1 rings (SSSR count). The summed E-state index contributed by atoms with van der Waals surface area (Å²) in [6, 6.07) is 1.09. The minimum atomic E-state index is -1.59. The van der Waals surface area contributed by atoms with Crippen LogP contribution in [0.15, 0.2) is 12.1 Å². The van der Waals surface area contributed by atoms with Crippen molar-refractivity contribution in [2.45, 2.75) is 32.7 Å². The van der Waals surface area contributed by atoms with Gasteiger partial charge in [-0.25, -0.2) is 13.2 Å². The molecule has 0 bridgehead atoms. The van der Waals surface area contributed by atoms with Crippen LogP contribution in [0.4, 0.5) is 13.2 Å². The average Bonchev–Trinajstić information content (AvgIpc) is 2.42. The van der Waals surface area contributed by atoms with E-state index < -0.39 is 23.4 Å². The number of hydrogen-bond acceptors (Lipinski definition) is 2. The second kappa shape index (κ2) is 7.28. The number of rotatable bonds is 6. The van der Waals surface area contributed by atoms with E-state index in [4.69, 9.17) is 5.73 Å². The van der Waals surface area contributed by atoms with Gasteiger partial charge in [0.1, 0.15) is 0 Å². The van der Waals surface area contributed by atoms with E-state index >= 15 is 0 Å². The van der Waals surface area contributed by atoms with E-state index in [2.05, 4.69) is 5.32 Å². The minimum absolute atomic E-state index is 0.200. The first-order chi connectivity index (χ1) is 9.40. The molecule has 0 radical (unpaired) electrons. The van der Waals surface area contributed by atoms with Crippen LogP contribution in [0.1, 0.15) is 37.0 Å². The van der Waals surface area contributed by atoms with Crippen LogP contribution in [0.25, 0.3) is 0 Å².